The normalized spacial score (nSPS) is 18.9. The van der Waals surface area contributed by atoms with Crippen LogP contribution in [0.1, 0.15) is 42.4 Å². The van der Waals surface area contributed by atoms with E-state index in [1.807, 2.05) is 23.7 Å². The molecule has 0 saturated heterocycles. The Kier molecular flexibility index (Phi) is 2.89. The minimum absolute atomic E-state index is 0.00382. The molecule has 0 aliphatic carbocycles. The number of nitrogens with one attached hydrogen (secondary N) is 1. The van der Waals surface area contributed by atoms with Gasteiger partial charge >= 0.3 is 0 Å². The van der Waals surface area contributed by atoms with E-state index in [1.54, 1.807) is 12.1 Å². The van der Waals surface area contributed by atoms with Crippen LogP contribution in [-0.4, -0.2) is 11.0 Å². The van der Waals surface area contributed by atoms with Crippen LogP contribution in [0.3, 0.4) is 0 Å². The van der Waals surface area contributed by atoms with Crippen molar-refractivity contribution in [2.24, 2.45) is 13.0 Å². The highest BCUT2D eigenvalue weighted by atomic mass is 16.3. The second-order valence-corrected chi connectivity index (χ2v) is 5.58. The smallest absolute Gasteiger partial charge is 0.258 e. The van der Waals surface area contributed by atoms with Gasteiger partial charge in [-0.15, -0.1) is 0 Å². The Morgan fingerprint density at radius 1 is 1.40 bits per heavy atom. The number of aromatic nitrogens is 1. The first-order valence-corrected chi connectivity index (χ1v) is 6.99. The molecule has 20 heavy (non-hydrogen) atoms. The number of hydrogen-bond donors (Lipinski definition) is 2. The van der Waals surface area contributed by atoms with Gasteiger partial charge in [-0.05, 0) is 24.1 Å². The summed E-state index contributed by atoms with van der Waals surface area (Å²) in [6.45, 7) is 4.27. The molecular weight excluding hydrogens is 252 g/mol. The Balaban J connectivity index is 2.29. The van der Waals surface area contributed by atoms with E-state index in [2.05, 4.69) is 19.2 Å². The first kappa shape index (κ1) is 12.9. The summed E-state index contributed by atoms with van der Waals surface area (Å²) < 4.78 is 2.03. The molecule has 1 aromatic heterocycles. The first-order valence-electron chi connectivity index (χ1n) is 6.99. The van der Waals surface area contributed by atoms with Gasteiger partial charge in [0, 0.05) is 5.39 Å². The van der Waals surface area contributed by atoms with Crippen LogP contribution < -0.4 is 9.88 Å². The number of carbonyl (C=O) groups excluding carboxylic acids is 1. The quantitative estimate of drug-likeness (QED) is 0.823. The molecule has 0 fully saturated rings. The number of rotatable bonds is 2. The highest BCUT2D eigenvalue weighted by Gasteiger charge is 2.39. The summed E-state index contributed by atoms with van der Waals surface area (Å²) in [5.41, 5.74) is 2.70. The van der Waals surface area contributed by atoms with E-state index in [4.69, 9.17) is 0 Å². The summed E-state index contributed by atoms with van der Waals surface area (Å²) in [6, 6.07) is 7.19. The third-order valence-corrected chi connectivity index (χ3v) is 4.35. The number of benzene rings is 1. The zero-order valence-electron chi connectivity index (χ0n) is 12.0. The number of hydrogen-bond acceptors (Lipinski definition) is 2. The largest absolute Gasteiger partial charge is 0.508 e. The molecule has 1 amide bonds. The van der Waals surface area contributed by atoms with E-state index in [0.29, 0.717) is 5.92 Å². The van der Waals surface area contributed by atoms with Gasteiger partial charge in [0.1, 0.15) is 24.4 Å². The molecular formula is C16H19N2O2+. The minimum atomic E-state index is -0.00382. The molecule has 1 aliphatic rings. The summed E-state index contributed by atoms with van der Waals surface area (Å²) in [5, 5.41) is 13.7. The maximum Gasteiger partial charge on any atom is 0.258 e. The van der Waals surface area contributed by atoms with Gasteiger partial charge in [0.25, 0.3) is 5.91 Å². The fraction of sp³-hybridized carbons (Fsp3) is 0.375. The molecule has 104 valence electrons. The number of aryl methyl sites for hydroxylation is 1. The number of aromatic hydroxyl groups is 1. The topological polar surface area (TPSA) is 53.2 Å². The first-order chi connectivity index (χ1) is 9.52. The highest BCUT2D eigenvalue weighted by molar-refractivity contribution is 6.00. The fourth-order valence-electron chi connectivity index (χ4n) is 2.98. The zero-order chi connectivity index (χ0) is 14.4. The number of phenols is 1. The van der Waals surface area contributed by atoms with Crippen molar-refractivity contribution < 1.29 is 14.5 Å². The summed E-state index contributed by atoms with van der Waals surface area (Å²) >= 11 is 0. The number of fused-ring (bicyclic) bond motifs is 2. The summed E-state index contributed by atoms with van der Waals surface area (Å²) in [7, 11) is 1.95. The Hall–Kier alpha value is -2.10. The van der Waals surface area contributed by atoms with Gasteiger partial charge < -0.3 is 10.4 Å². The predicted molar refractivity (Wildman–Crippen MR) is 76.5 cm³/mol. The van der Waals surface area contributed by atoms with E-state index in [-0.39, 0.29) is 17.7 Å². The highest BCUT2D eigenvalue weighted by Crippen LogP contribution is 2.32. The van der Waals surface area contributed by atoms with Crippen molar-refractivity contribution in [1.29, 1.82) is 0 Å². The lowest BCUT2D eigenvalue weighted by molar-refractivity contribution is -0.654. The van der Waals surface area contributed by atoms with Crippen molar-refractivity contribution >= 4 is 16.8 Å². The standard InChI is InChI=1S/C16H18N2O2/c1-4-9(2)14-15-12(16(20)17-14)7-10-5-6-11(19)8-13(10)18(15)3/h5-9,14H,4H2,1-3H3,(H,17,20)/p+1/t9-,14+/m0/s1. The van der Waals surface area contributed by atoms with Crippen LogP contribution in [0, 0.1) is 5.92 Å². The average Bonchev–Trinajstić information content (AvgIpc) is 2.77. The number of nitrogens with zero attached hydrogens (tertiary/aromatic N) is 1. The van der Waals surface area contributed by atoms with Crippen LogP contribution in [0.4, 0.5) is 0 Å². The lowest BCUT2D eigenvalue weighted by atomic mass is 9.95. The van der Waals surface area contributed by atoms with E-state index >= 15 is 0 Å². The minimum Gasteiger partial charge on any atom is -0.508 e. The molecule has 0 saturated carbocycles. The second-order valence-electron chi connectivity index (χ2n) is 5.58. The van der Waals surface area contributed by atoms with E-state index in [0.717, 1.165) is 28.6 Å². The summed E-state index contributed by atoms with van der Waals surface area (Å²) in [6.07, 6.45) is 1.00. The lowest BCUT2D eigenvalue weighted by Gasteiger charge is -2.16. The number of carbonyl (C=O) groups is 1. The Labute approximate surface area is 118 Å². The second kappa shape index (κ2) is 4.47. The molecule has 0 bridgehead atoms. The van der Waals surface area contributed by atoms with Gasteiger partial charge in [0.05, 0.1) is 6.07 Å². The molecule has 4 heteroatoms. The van der Waals surface area contributed by atoms with Gasteiger partial charge in [-0.25, -0.2) is 0 Å². The van der Waals surface area contributed by atoms with Crippen molar-refractivity contribution in [2.75, 3.05) is 0 Å². The van der Waals surface area contributed by atoms with Crippen LogP contribution in [0.25, 0.3) is 10.9 Å². The fourth-order valence-corrected chi connectivity index (χ4v) is 2.98. The molecule has 0 spiro atoms. The zero-order valence-corrected chi connectivity index (χ0v) is 12.0. The number of phenolic OH excluding ortho intramolecular Hbond substituents is 1. The maximum atomic E-state index is 12.2. The molecule has 0 radical (unpaired) electrons. The Bertz CT molecular complexity index is 709. The van der Waals surface area contributed by atoms with Crippen molar-refractivity contribution in [3.05, 3.63) is 35.5 Å². The van der Waals surface area contributed by atoms with Crippen LogP contribution in [0.5, 0.6) is 5.75 Å². The molecule has 3 rings (SSSR count). The van der Waals surface area contributed by atoms with Gasteiger partial charge in [0.15, 0.2) is 0 Å². The summed E-state index contributed by atoms with van der Waals surface area (Å²) in [5.74, 6) is 0.613. The Morgan fingerprint density at radius 2 is 2.15 bits per heavy atom. The molecule has 2 N–H and O–H groups in total. The lowest BCUT2D eigenvalue weighted by Crippen LogP contribution is -2.38. The van der Waals surface area contributed by atoms with Gasteiger partial charge in [0.2, 0.25) is 11.2 Å². The van der Waals surface area contributed by atoms with Gasteiger partial charge in [-0.3, -0.25) is 4.79 Å². The van der Waals surface area contributed by atoms with Crippen LogP contribution in [0.2, 0.25) is 0 Å². The molecule has 1 aromatic carbocycles. The maximum absolute atomic E-state index is 12.2. The van der Waals surface area contributed by atoms with Crippen LogP contribution in [-0.2, 0) is 7.05 Å². The molecule has 4 nitrogen and oxygen atoms in total. The van der Waals surface area contributed by atoms with Crippen molar-refractivity contribution in [3.63, 3.8) is 0 Å². The number of amides is 1. The van der Waals surface area contributed by atoms with E-state index in [1.165, 1.54) is 0 Å². The van der Waals surface area contributed by atoms with Crippen molar-refractivity contribution in [3.8, 4) is 5.75 Å². The van der Waals surface area contributed by atoms with Crippen molar-refractivity contribution in [1.82, 2.24) is 5.32 Å². The molecule has 0 unspecified atom stereocenters. The third-order valence-electron chi connectivity index (χ3n) is 4.35. The van der Waals surface area contributed by atoms with E-state index < -0.39 is 0 Å². The average molecular weight is 271 g/mol. The molecule has 2 aromatic rings. The van der Waals surface area contributed by atoms with Gasteiger partial charge in [-0.1, -0.05) is 20.3 Å². The number of pyridine rings is 1. The molecule has 2 heterocycles. The monoisotopic (exact) mass is 271 g/mol. The molecule has 2 atom stereocenters. The van der Waals surface area contributed by atoms with Crippen LogP contribution in [0.15, 0.2) is 24.3 Å². The SMILES string of the molecule is CC[C@H](C)[C@H]1NC(=O)c2cc3ccc(O)cc3[n+](C)c21. The van der Waals surface area contributed by atoms with E-state index in [9.17, 15) is 9.90 Å². The predicted octanol–water partition coefficient (Wildman–Crippen LogP) is 2.20. The van der Waals surface area contributed by atoms with Crippen LogP contribution >= 0.6 is 0 Å². The summed E-state index contributed by atoms with van der Waals surface area (Å²) in [4.78, 5) is 12.2. The molecule has 1 aliphatic heterocycles. The third kappa shape index (κ3) is 1.75. The Morgan fingerprint density at radius 3 is 2.85 bits per heavy atom. The van der Waals surface area contributed by atoms with Gasteiger partial charge in [-0.2, -0.15) is 4.57 Å². The van der Waals surface area contributed by atoms with Crippen molar-refractivity contribution in [2.45, 2.75) is 26.3 Å².